The summed E-state index contributed by atoms with van der Waals surface area (Å²) in [6, 6.07) is 9.74. The molecule has 0 bridgehead atoms. The first kappa shape index (κ1) is 14.3. The number of rotatable bonds is 3. The highest BCUT2D eigenvalue weighted by Gasteiger charge is 2.16. The van der Waals surface area contributed by atoms with Crippen molar-refractivity contribution in [2.75, 3.05) is 7.11 Å². The smallest absolute Gasteiger partial charge is 0.141 e. The van der Waals surface area contributed by atoms with Crippen LogP contribution in [0, 0.1) is 5.82 Å². The number of nitrogens with two attached hydrogens (primary N) is 1. The molecule has 5 heteroatoms. The SMILES string of the molecule is COc1cc(F)c(Br)cc1C(N)c1ccc(Cl)cc1. The highest BCUT2D eigenvalue weighted by molar-refractivity contribution is 9.10. The van der Waals surface area contributed by atoms with Gasteiger partial charge in [0.25, 0.3) is 0 Å². The maximum atomic E-state index is 13.5. The molecule has 0 spiro atoms. The number of hydrogen-bond acceptors (Lipinski definition) is 2. The third-order valence-corrected chi connectivity index (χ3v) is 3.70. The first-order valence-corrected chi connectivity index (χ1v) is 6.74. The first-order chi connectivity index (χ1) is 9.02. The Kier molecular flexibility index (Phi) is 4.45. The van der Waals surface area contributed by atoms with Crippen molar-refractivity contribution in [3.63, 3.8) is 0 Å². The van der Waals surface area contributed by atoms with Gasteiger partial charge in [-0.25, -0.2) is 4.39 Å². The number of halogens is 3. The molecule has 2 N–H and O–H groups in total. The molecule has 0 aliphatic heterocycles. The van der Waals surface area contributed by atoms with Gasteiger partial charge >= 0.3 is 0 Å². The maximum absolute atomic E-state index is 13.5. The number of hydrogen-bond donors (Lipinski definition) is 1. The largest absolute Gasteiger partial charge is 0.496 e. The zero-order valence-corrected chi connectivity index (χ0v) is 12.5. The van der Waals surface area contributed by atoms with Gasteiger partial charge < -0.3 is 10.5 Å². The van der Waals surface area contributed by atoms with Crippen LogP contribution in [0.2, 0.25) is 5.02 Å². The van der Waals surface area contributed by atoms with Gasteiger partial charge in [-0.3, -0.25) is 0 Å². The molecule has 1 atom stereocenters. The van der Waals surface area contributed by atoms with Crippen LogP contribution in [0.5, 0.6) is 5.75 Å². The van der Waals surface area contributed by atoms with Crippen LogP contribution in [0.25, 0.3) is 0 Å². The van der Waals surface area contributed by atoms with E-state index < -0.39 is 6.04 Å². The lowest BCUT2D eigenvalue weighted by Crippen LogP contribution is -2.13. The highest BCUT2D eigenvalue weighted by atomic mass is 79.9. The Morgan fingerprint density at radius 2 is 1.89 bits per heavy atom. The fourth-order valence-electron chi connectivity index (χ4n) is 1.81. The van der Waals surface area contributed by atoms with Crippen molar-refractivity contribution in [3.8, 4) is 5.75 Å². The summed E-state index contributed by atoms with van der Waals surface area (Å²) >= 11 is 9.00. The molecule has 0 amide bonds. The fourth-order valence-corrected chi connectivity index (χ4v) is 2.30. The molecule has 100 valence electrons. The molecule has 2 nitrogen and oxygen atoms in total. The molecule has 0 saturated carbocycles. The molecule has 0 radical (unpaired) electrons. The van der Waals surface area contributed by atoms with Crippen molar-refractivity contribution >= 4 is 27.5 Å². The average Bonchev–Trinajstić information content (AvgIpc) is 2.41. The molecule has 2 aromatic rings. The van der Waals surface area contributed by atoms with Crippen LogP contribution < -0.4 is 10.5 Å². The minimum Gasteiger partial charge on any atom is -0.496 e. The molecule has 1 unspecified atom stereocenters. The van der Waals surface area contributed by atoms with E-state index in [4.69, 9.17) is 22.1 Å². The topological polar surface area (TPSA) is 35.2 Å². The van der Waals surface area contributed by atoms with Crippen LogP contribution in [0.3, 0.4) is 0 Å². The number of methoxy groups -OCH3 is 1. The summed E-state index contributed by atoms with van der Waals surface area (Å²) in [6.07, 6.45) is 0. The van der Waals surface area contributed by atoms with Crippen LogP contribution in [-0.2, 0) is 0 Å². The zero-order valence-electron chi connectivity index (χ0n) is 10.2. The molecule has 0 heterocycles. The minimum absolute atomic E-state index is 0.354. The molecule has 19 heavy (non-hydrogen) atoms. The summed E-state index contributed by atoms with van der Waals surface area (Å²) in [6.45, 7) is 0. The molecule has 0 saturated heterocycles. The van der Waals surface area contributed by atoms with Crippen molar-refractivity contribution in [1.82, 2.24) is 0 Å². The molecule has 2 aromatic carbocycles. The molecular weight excluding hydrogens is 333 g/mol. The van der Waals surface area contributed by atoms with E-state index >= 15 is 0 Å². The van der Waals surface area contributed by atoms with Gasteiger partial charge in [0, 0.05) is 16.7 Å². The third kappa shape index (κ3) is 3.08. The summed E-state index contributed by atoms with van der Waals surface area (Å²) in [5, 5.41) is 0.642. The molecule has 0 fully saturated rings. The second kappa shape index (κ2) is 5.90. The van der Waals surface area contributed by atoms with E-state index in [9.17, 15) is 4.39 Å². The Morgan fingerprint density at radius 1 is 1.26 bits per heavy atom. The van der Waals surface area contributed by atoms with Gasteiger partial charge in [0.2, 0.25) is 0 Å². The second-order valence-electron chi connectivity index (χ2n) is 4.04. The first-order valence-electron chi connectivity index (χ1n) is 5.57. The third-order valence-electron chi connectivity index (χ3n) is 2.84. The Labute approximate surface area is 124 Å². The normalized spacial score (nSPS) is 12.3. The van der Waals surface area contributed by atoms with Crippen LogP contribution in [0.1, 0.15) is 17.2 Å². The van der Waals surface area contributed by atoms with E-state index in [0.717, 1.165) is 5.56 Å². The summed E-state index contributed by atoms with van der Waals surface area (Å²) < 4.78 is 19.0. The molecular formula is C14H12BrClFNO. The van der Waals surface area contributed by atoms with Crippen molar-refractivity contribution < 1.29 is 9.13 Å². The van der Waals surface area contributed by atoms with Crippen LogP contribution in [0.15, 0.2) is 40.9 Å². The van der Waals surface area contributed by atoms with Crippen molar-refractivity contribution in [2.45, 2.75) is 6.04 Å². The Morgan fingerprint density at radius 3 is 2.47 bits per heavy atom. The predicted octanol–water partition coefficient (Wildman–Crippen LogP) is 4.30. The van der Waals surface area contributed by atoms with Gasteiger partial charge in [0.1, 0.15) is 11.6 Å². The summed E-state index contributed by atoms with van der Waals surface area (Å²) in [7, 11) is 1.49. The van der Waals surface area contributed by atoms with Crippen molar-refractivity contribution in [3.05, 3.63) is 62.8 Å². The van der Waals surface area contributed by atoms with Crippen molar-refractivity contribution in [1.29, 1.82) is 0 Å². The Hall–Kier alpha value is -1.10. The molecule has 0 aromatic heterocycles. The van der Waals surface area contributed by atoms with E-state index in [0.29, 0.717) is 20.8 Å². The summed E-state index contributed by atoms with van der Waals surface area (Å²) in [5.74, 6) is 0.0343. The second-order valence-corrected chi connectivity index (χ2v) is 5.33. The van der Waals surface area contributed by atoms with E-state index in [1.54, 1.807) is 18.2 Å². The monoisotopic (exact) mass is 343 g/mol. The van der Waals surface area contributed by atoms with Crippen LogP contribution >= 0.6 is 27.5 Å². The molecule has 0 aliphatic rings. The van der Waals surface area contributed by atoms with Gasteiger partial charge in [-0.15, -0.1) is 0 Å². The van der Waals surface area contributed by atoms with E-state index in [1.165, 1.54) is 13.2 Å². The molecule has 0 aliphatic carbocycles. The lowest BCUT2D eigenvalue weighted by molar-refractivity contribution is 0.404. The van der Waals surface area contributed by atoms with Crippen LogP contribution in [0.4, 0.5) is 4.39 Å². The van der Waals surface area contributed by atoms with Gasteiger partial charge in [-0.05, 0) is 39.7 Å². The van der Waals surface area contributed by atoms with E-state index in [-0.39, 0.29) is 5.82 Å². The predicted molar refractivity (Wildman–Crippen MR) is 78.1 cm³/mol. The lowest BCUT2D eigenvalue weighted by atomic mass is 9.99. The zero-order chi connectivity index (χ0) is 14.0. The Balaban J connectivity index is 2.45. The molecule has 2 rings (SSSR count). The minimum atomic E-state index is -0.413. The van der Waals surface area contributed by atoms with Gasteiger partial charge in [0.15, 0.2) is 0 Å². The summed E-state index contributed by atoms with van der Waals surface area (Å²) in [4.78, 5) is 0. The standard InChI is InChI=1S/C14H12BrClFNO/c1-19-13-7-12(17)11(15)6-10(13)14(18)8-2-4-9(16)5-3-8/h2-7,14H,18H2,1H3. The fraction of sp³-hybridized carbons (Fsp3) is 0.143. The van der Waals surface area contributed by atoms with E-state index in [1.807, 2.05) is 12.1 Å². The lowest BCUT2D eigenvalue weighted by Gasteiger charge is -2.17. The summed E-state index contributed by atoms with van der Waals surface area (Å²) in [5.41, 5.74) is 7.78. The quantitative estimate of drug-likeness (QED) is 0.901. The van der Waals surface area contributed by atoms with Gasteiger partial charge in [0.05, 0.1) is 17.6 Å². The highest BCUT2D eigenvalue weighted by Crippen LogP contribution is 2.33. The number of ether oxygens (including phenoxy) is 1. The van der Waals surface area contributed by atoms with E-state index in [2.05, 4.69) is 15.9 Å². The average molecular weight is 345 g/mol. The van der Waals surface area contributed by atoms with Gasteiger partial charge in [-0.1, -0.05) is 23.7 Å². The van der Waals surface area contributed by atoms with Crippen molar-refractivity contribution in [2.24, 2.45) is 5.73 Å². The Bertz CT molecular complexity index is 589. The van der Waals surface area contributed by atoms with Crippen LogP contribution in [-0.4, -0.2) is 7.11 Å². The number of benzene rings is 2. The van der Waals surface area contributed by atoms with Gasteiger partial charge in [-0.2, -0.15) is 0 Å². The maximum Gasteiger partial charge on any atom is 0.141 e.